The van der Waals surface area contributed by atoms with E-state index in [9.17, 15) is 9.90 Å². The summed E-state index contributed by atoms with van der Waals surface area (Å²) >= 11 is 0. The third-order valence-corrected chi connectivity index (χ3v) is 2.87. The topological polar surface area (TPSA) is 65.1 Å². The molecule has 1 aromatic rings. The summed E-state index contributed by atoms with van der Waals surface area (Å²) in [4.78, 5) is 14.5. The molecule has 0 aliphatic carbocycles. The summed E-state index contributed by atoms with van der Waals surface area (Å²) in [6.07, 6.45) is 0.891. The molecule has 0 saturated carbocycles. The van der Waals surface area contributed by atoms with Gasteiger partial charge in [-0.25, -0.2) is 4.79 Å². The molecule has 0 spiro atoms. The molecule has 0 atom stereocenters. The molecule has 0 radical (unpaired) electrons. The van der Waals surface area contributed by atoms with Gasteiger partial charge < -0.3 is 15.4 Å². The number of aromatic nitrogens is 1. The highest BCUT2D eigenvalue weighted by molar-refractivity contribution is 5.91. The maximum Gasteiger partial charge on any atom is 0.337 e. The maximum absolute atomic E-state index is 11.2. The van der Waals surface area contributed by atoms with Gasteiger partial charge in [-0.2, -0.15) is 0 Å². The molecule has 4 nitrogen and oxygen atoms in total. The van der Waals surface area contributed by atoms with Gasteiger partial charge in [0.25, 0.3) is 0 Å². The molecule has 0 aromatic carbocycles. The van der Waals surface area contributed by atoms with E-state index < -0.39 is 5.97 Å². The van der Waals surface area contributed by atoms with Crippen LogP contribution in [0.1, 0.15) is 47.1 Å². The van der Waals surface area contributed by atoms with Crippen LogP contribution in [-0.2, 0) is 13.0 Å². The van der Waals surface area contributed by atoms with Gasteiger partial charge in [0.1, 0.15) is 0 Å². The van der Waals surface area contributed by atoms with Crippen molar-refractivity contribution in [2.75, 3.05) is 6.54 Å². The summed E-state index contributed by atoms with van der Waals surface area (Å²) in [5.74, 6) is -0.596. The van der Waals surface area contributed by atoms with Crippen molar-refractivity contribution >= 4 is 5.97 Å². The molecule has 82 valence electrons. The van der Waals surface area contributed by atoms with Crippen LogP contribution in [-0.4, -0.2) is 22.6 Å². The number of hydrogen-bond donors (Lipinski definition) is 3. The second-order valence-electron chi connectivity index (χ2n) is 4.26. The lowest BCUT2D eigenvalue weighted by molar-refractivity contribution is 0.0694. The Kier molecular flexibility index (Phi) is 2.52. The summed E-state index contributed by atoms with van der Waals surface area (Å²) in [5.41, 5.74) is 3.37. The minimum absolute atomic E-state index is 0.224. The van der Waals surface area contributed by atoms with E-state index >= 15 is 0 Å². The van der Waals surface area contributed by atoms with Crippen LogP contribution in [0.4, 0.5) is 0 Å². The molecule has 3 N–H and O–H groups in total. The van der Waals surface area contributed by atoms with Gasteiger partial charge in [-0.15, -0.1) is 0 Å². The molecule has 1 aliphatic heterocycles. The zero-order valence-corrected chi connectivity index (χ0v) is 9.05. The van der Waals surface area contributed by atoms with E-state index in [0.717, 1.165) is 29.9 Å². The van der Waals surface area contributed by atoms with Gasteiger partial charge >= 0.3 is 5.97 Å². The summed E-state index contributed by atoms with van der Waals surface area (Å²) in [6, 6.07) is 0. The zero-order valence-electron chi connectivity index (χ0n) is 9.05. The van der Waals surface area contributed by atoms with Crippen LogP contribution >= 0.6 is 0 Å². The molecular formula is C11H16N2O2. The number of fused-ring (bicyclic) bond motifs is 1. The average molecular weight is 208 g/mol. The van der Waals surface area contributed by atoms with Crippen molar-refractivity contribution in [3.8, 4) is 0 Å². The molecule has 0 fully saturated rings. The van der Waals surface area contributed by atoms with Crippen LogP contribution in [0.15, 0.2) is 0 Å². The lowest BCUT2D eigenvalue weighted by Gasteiger charge is -2.12. The van der Waals surface area contributed by atoms with Gasteiger partial charge in [0.15, 0.2) is 0 Å². The van der Waals surface area contributed by atoms with E-state index in [2.05, 4.69) is 10.3 Å². The van der Waals surface area contributed by atoms with E-state index in [4.69, 9.17) is 0 Å². The molecule has 1 aromatic heterocycles. The zero-order chi connectivity index (χ0) is 11.0. The fourth-order valence-electron chi connectivity index (χ4n) is 2.13. The smallest absolute Gasteiger partial charge is 0.337 e. The second-order valence-corrected chi connectivity index (χ2v) is 4.26. The minimum atomic E-state index is -0.820. The lowest BCUT2D eigenvalue weighted by Crippen LogP contribution is -2.24. The van der Waals surface area contributed by atoms with Crippen LogP contribution in [0, 0.1) is 0 Å². The van der Waals surface area contributed by atoms with Crippen LogP contribution in [0.3, 0.4) is 0 Å². The average Bonchev–Trinajstić information content (AvgIpc) is 2.56. The van der Waals surface area contributed by atoms with Crippen molar-refractivity contribution in [1.82, 2.24) is 10.3 Å². The predicted molar refractivity (Wildman–Crippen MR) is 57.3 cm³/mol. The molecule has 0 amide bonds. The molecule has 2 heterocycles. The van der Waals surface area contributed by atoms with Gasteiger partial charge in [-0.05, 0) is 5.92 Å². The van der Waals surface area contributed by atoms with Gasteiger partial charge in [0.05, 0.1) is 5.56 Å². The minimum Gasteiger partial charge on any atom is -0.478 e. The SMILES string of the molecule is CC(C)c1[nH]c2c(c1C(=O)O)CNCC2. The molecule has 4 heteroatoms. The number of hydrogen-bond acceptors (Lipinski definition) is 2. The number of carbonyl (C=O) groups is 1. The summed E-state index contributed by atoms with van der Waals surface area (Å²) in [6.45, 7) is 5.61. The third kappa shape index (κ3) is 1.65. The third-order valence-electron chi connectivity index (χ3n) is 2.87. The van der Waals surface area contributed by atoms with Crippen molar-refractivity contribution in [3.63, 3.8) is 0 Å². The van der Waals surface area contributed by atoms with E-state index in [-0.39, 0.29) is 5.92 Å². The maximum atomic E-state index is 11.2. The van der Waals surface area contributed by atoms with Crippen LogP contribution in [0.25, 0.3) is 0 Å². The van der Waals surface area contributed by atoms with E-state index in [1.165, 1.54) is 0 Å². The standard InChI is InChI=1S/C11H16N2O2/c1-6(2)10-9(11(14)15)7-5-12-4-3-8(7)13-10/h6,12-13H,3-5H2,1-2H3,(H,14,15). The van der Waals surface area contributed by atoms with Crippen molar-refractivity contribution in [3.05, 3.63) is 22.5 Å². The van der Waals surface area contributed by atoms with Crippen molar-refractivity contribution in [2.45, 2.75) is 32.7 Å². The summed E-state index contributed by atoms with van der Waals surface area (Å²) in [7, 11) is 0. The predicted octanol–water partition coefficient (Wildman–Crippen LogP) is 1.48. The molecule has 0 saturated heterocycles. The van der Waals surface area contributed by atoms with Crippen LogP contribution in [0.5, 0.6) is 0 Å². The highest BCUT2D eigenvalue weighted by Crippen LogP contribution is 2.27. The van der Waals surface area contributed by atoms with Crippen molar-refractivity contribution in [1.29, 1.82) is 0 Å². The quantitative estimate of drug-likeness (QED) is 0.689. The van der Waals surface area contributed by atoms with Gasteiger partial charge in [0.2, 0.25) is 0 Å². The Morgan fingerprint density at radius 2 is 2.20 bits per heavy atom. The highest BCUT2D eigenvalue weighted by Gasteiger charge is 2.25. The highest BCUT2D eigenvalue weighted by atomic mass is 16.4. The van der Waals surface area contributed by atoms with E-state index in [0.29, 0.717) is 12.1 Å². The van der Waals surface area contributed by atoms with Crippen LogP contribution in [0.2, 0.25) is 0 Å². The number of aromatic amines is 1. The molecule has 15 heavy (non-hydrogen) atoms. The molecule has 2 rings (SSSR count). The Hall–Kier alpha value is -1.29. The number of aromatic carboxylic acids is 1. The summed E-state index contributed by atoms with van der Waals surface area (Å²) < 4.78 is 0. The van der Waals surface area contributed by atoms with Gasteiger partial charge in [0, 0.05) is 36.5 Å². The lowest BCUT2D eigenvalue weighted by atomic mass is 10.0. The Morgan fingerprint density at radius 1 is 1.47 bits per heavy atom. The van der Waals surface area contributed by atoms with Crippen LogP contribution < -0.4 is 5.32 Å². The largest absolute Gasteiger partial charge is 0.478 e. The van der Waals surface area contributed by atoms with Crippen molar-refractivity contribution < 1.29 is 9.90 Å². The molecular weight excluding hydrogens is 192 g/mol. The Balaban J connectivity index is 2.56. The van der Waals surface area contributed by atoms with Gasteiger partial charge in [-0.3, -0.25) is 0 Å². The fourth-order valence-corrected chi connectivity index (χ4v) is 2.13. The first-order valence-electron chi connectivity index (χ1n) is 5.29. The normalized spacial score (nSPS) is 15.4. The van der Waals surface area contributed by atoms with Gasteiger partial charge in [-0.1, -0.05) is 13.8 Å². The van der Waals surface area contributed by atoms with Crippen molar-refractivity contribution in [2.24, 2.45) is 0 Å². The van der Waals surface area contributed by atoms with E-state index in [1.807, 2.05) is 13.8 Å². The Bertz CT molecular complexity index is 394. The molecule has 0 unspecified atom stereocenters. The molecule has 0 bridgehead atoms. The number of nitrogens with one attached hydrogen (secondary N) is 2. The second kappa shape index (κ2) is 3.70. The first-order valence-corrected chi connectivity index (χ1v) is 5.29. The number of carboxylic acid groups (broad SMARTS) is 1. The first-order chi connectivity index (χ1) is 7.11. The van der Waals surface area contributed by atoms with E-state index in [1.54, 1.807) is 0 Å². The Morgan fingerprint density at radius 3 is 2.80 bits per heavy atom. The number of carboxylic acids is 1. The fraction of sp³-hybridized carbons (Fsp3) is 0.545. The Labute approximate surface area is 88.7 Å². The number of H-pyrrole nitrogens is 1. The summed E-state index contributed by atoms with van der Waals surface area (Å²) in [5, 5.41) is 12.4. The monoisotopic (exact) mass is 208 g/mol. The first kappa shape index (κ1) is 10.2. The number of rotatable bonds is 2. The molecule has 1 aliphatic rings.